The lowest BCUT2D eigenvalue weighted by Gasteiger charge is -2.28. The molecule has 11 heteroatoms. The highest BCUT2D eigenvalue weighted by Gasteiger charge is 2.27. The van der Waals surface area contributed by atoms with Crippen molar-refractivity contribution < 1.29 is 22.9 Å². The van der Waals surface area contributed by atoms with Gasteiger partial charge in [-0.25, -0.2) is 8.42 Å². The zero-order chi connectivity index (χ0) is 20.3. The van der Waals surface area contributed by atoms with Gasteiger partial charge in [0.1, 0.15) is 6.54 Å². The number of para-hydroxylation sites is 1. The number of benzene rings is 2. The van der Waals surface area contributed by atoms with Crippen LogP contribution in [0.2, 0.25) is 0 Å². The molecule has 0 saturated heterocycles. The highest BCUT2D eigenvalue weighted by Crippen LogP contribution is 2.34. The Balaban J connectivity index is 1.67. The van der Waals surface area contributed by atoms with Gasteiger partial charge in [0.25, 0.3) is 11.6 Å². The molecule has 9 nitrogen and oxygen atoms in total. The molecule has 0 unspecified atom stereocenters. The Bertz CT molecular complexity index is 1040. The fourth-order valence-corrected chi connectivity index (χ4v) is 4.70. The zero-order valence-corrected chi connectivity index (χ0v) is 16.0. The Morgan fingerprint density at radius 2 is 1.86 bits per heavy atom. The lowest BCUT2D eigenvalue weighted by atomic mass is 10.2. The van der Waals surface area contributed by atoms with Crippen molar-refractivity contribution in [2.24, 2.45) is 0 Å². The van der Waals surface area contributed by atoms with Crippen LogP contribution >= 0.6 is 11.8 Å². The number of hydrogen-bond donors (Lipinski definition) is 1. The number of nitro groups is 1. The summed E-state index contributed by atoms with van der Waals surface area (Å²) in [5.74, 6) is -1.47. The number of nitro benzene ring substituents is 1. The molecule has 0 bridgehead atoms. The Morgan fingerprint density at radius 3 is 2.54 bits per heavy atom. The van der Waals surface area contributed by atoms with E-state index in [1.54, 1.807) is 12.1 Å². The number of carbonyl (C=O) groups is 2. The van der Waals surface area contributed by atoms with Crippen LogP contribution in [-0.2, 0) is 25.4 Å². The average Bonchev–Trinajstić information content (AvgIpc) is 2.63. The molecule has 0 aromatic heterocycles. The second kappa shape index (κ2) is 7.98. The lowest BCUT2D eigenvalue weighted by molar-refractivity contribution is -0.384. The second-order valence-corrected chi connectivity index (χ2v) is 8.68. The van der Waals surface area contributed by atoms with E-state index in [9.17, 15) is 28.1 Å². The van der Waals surface area contributed by atoms with Crippen LogP contribution in [0.1, 0.15) is 5.56 Å². The summed E-state index contributed by atoms with van der Waals surface area (Å²) in [7, 11) is -4.03. The summed E-state index contributed by atoms with van der Waals surface area (Å²) in [6.07, 6.45) is 0. The van der Waals surface area contributed by atoms with E-state index in [1.807, 2.05) is 16.9 Å². The molecule has 0 atom stereocenters. The van der Waals surface area contributed by atoms with Crippen molar-refractivity contribution in [3.63, 3.8) is 0 Å². The Kier molecular flexibility index (Phi) is 5.66. The summed E-state index contributed by atoms with van der Waals surface area (Å²) in [4.78, 5) is 36.5. The first-order chi connectivity index (χ1) is 13.2. The largest absolute Gasteiger partial charge is 0.301 e. The summed E-state index contributed by atoms with van der Waals surface area (Å²) >= 11 is 1.36. The fraction of sp³-hybridized carbons (Fsp3) is 0.176. The molecular weight excluding hydrogens is 406 g/mol. The molecule has 1 aliphatic heterocycles. The molecule has 1 heterocycles. The number of non-ortho nitro benzene ring substituents is 1. The van der Waals surface area contributed by atoms with Crippen molar-refractivity contribution in [2.45, 2.75) is 10.6 Å². The number of thioether (sulfide) groups is 1. The molecule has 0 saturated carbocycles. The van der Waals surface area contributed by atoms with Gasteiger partial charge < -0.3 is 4.90 Å². The van der Waals surface area contributed by atoms with E-state index < -0.39 is 33.2 Å². The van der Waals surface area contributed by atoms with Crippen LogP contribution < -0.4 is 9.62 Å². The quantitative estimate of drug-likeness (QED) is 0.555. The molecule has 146 valence electrons. The average molecular weight is 421 g/mol. The molecule has 0 spiro atoms. The topological polar surface area (TPSA) is 127 Å². The van der Waals surface area contributed by atoms with E-state index in [0.29, 0.717) is 11.3 Å². The molecule has 28 heavy (non-hydrogen) atoms. The van der Waals surface area contributed by atoms with E-state index in [2.05, 4.69) is 0 Å². The second-order valence-electron chi connectivity index (χ2n) is 5.94. The van der Waals surface area contributed by atoms with Crippen molar-refractivity contribution in [3.8, 4) is 0 Å². The summed E-state index contributed by atoms with van der Waals surface area (Å²) in [5.41, 5.74) is 0.693. The molecule has 2 aromatic rings. The van der Waals surface area contributed by atoms with Gasteiger partial charge in [-0.1, -0.05) is 24.3 Å². The first kappa shape index (κ1) is 19.8. The number of rotatable bonds is 6. The van der Waals surface area contributed by atoms with E-state index >= 15 is 0 Å². The van der Waals surface area contributed by atoms with Gasteiger partial charge in [-0.3, -0.25) is 24.4 Å². The highest BCUT2D eigenvalue weighted by atomic mass is 32.2. The Morgan fingerprint density at radius 1 is 1.18 bits per heavy atom. The molecule has 1 N–H and O–H groups in total. The lowest BCUT2D eigenvalue weighted by Crippen LogP contribution is -2.45. The van der Waals surface area contributed by atoms with Crippen molar-refractivity contribution in [3.05, 3.63) is 64.2 Å². The van der Waals surface area contributed by atoms with Crippen LogP contribution in [0.5, 0.6) is 0 Å². The fourth-order valence-electron chi connectivity index (χ4n) is 2.65. The van der Waals surface area contributed by atoms with Gasteiger partial charge in [0, 0.05) is 17.0 Å². The third-order valence-electron chi connectivity index (χ3n) is 3.88. The van der Waals surface area contributed by atoms with Crippen molar-refractivity contribution >= 4 is 45.0 Å². The maximum absolute atomic E-state index is 12.2. The van der Waals surface area contributed by atoms with Gasteiger partial charge in [-0.15, -0.1) is 11.8 Å². The number of hydrogen-bond acceptors (Lipinski definition) is 7. The maximum Gasteiger partial charge on any atom is 0.269 e. The Labute approximate surface area is 164 Å². The third kappa shape index (κ3) is 4.67. The minimum atomic E-state index is -4.03. The SMILES string of the molecule is O=C(CN1C(=O)CSc2ccccc21)NS(=O)(=O)Cc1ccc([N+](=O)[O-])cc1. The van der Waals surface area contributed by atoms with Crippen molar-refractivity contribution in [2.75, 3.05) is 17.2 Å². The number of nitrogens with one attached hydrogen (secondary N) is 1. The molecule has 2 aromatic carbocycles. The zero-order valence-electron chi connectivity index (χ0n) is 14.4. The summed E-state index contributed by atoms with van der Waals surface area (Å²) in [5, 5.41) is 10.6. The van der Waals surface area contributed by atoms with Crippen LogP contribution in [-0.4, -0.2) is 37.5 Å². The predicted molar refractivity (Wildman–Crippen MR) is 103 cm³/mol. The number of carbonyl (C=O) groups excluding carboxylic acids is 2. The third-order valence-corrected chi connectivity index (χ3v) is 6.18. The molecule has 0 radical (unpaired) electrons. The molecule has 2 amide bonds. The summed E-state index contributed by atoms with van der Waals surface area (Å²) in [6.45, 7) is -0.421. The minimum Gasteiger partial charge on any atom is -0.301 e. The van der Waals surface area contributed by atoms with Gasteiger partial charge in [0.15, 0.2) is 0 Å². The molecular formula is C17H15N3O6S2. The minimum absolute atomic E-state index is 0.162. The van der Waals surface area contributed by atoms with Crippen LogP contribution in [0.4, 0.5) is 11.4 Å². The number of sulfonamides is 1. The van der Waals surface area contributed by atoms with Gasteiger partial charge in [0.05, 0.1) is 22.1 Å². The number of anilines is 1. The van der Waals surface area contributed by atoms with Crippen LogP contribution in [0.15, 0.2) is 53.4 Å². The van der Waals surface area contributed by atoms with Gasteiger partial charge >= 0.3 is 0 Å². The first-order valence-electron chi connectivity index (χ1n) is 8.04. The Hall–Kier alpha value is -2.92. The van der Waals surface area contributed by atoms with E-state index in [-0.39, 0.29) is 17.3 Å². The monoisotopic (exact) mass is 421 g/mol. The van der Waals surface area contributed by atoms with Crippen molar-refractivity contribution in [1.82, 2.24) is 4.72 Å². The van der Waals surface area contributed by atoms with Crippen LogP contribution in [0, 0.1) is 10.1 Å². The summed E-state index contributed by atoms with van der Waals surface area (Å²) < 4.78 is 26.4. The number of amides is 2. The van der Waals surface area contributed by atoms with Crippen LogP contribution in [0.3, 0.4) is 0 Å². The normalized spacial score (nSPS) is 13.7. The summed E-state index contributed by atoms with van der Waals surface area (Å²) in [6, 6.07) is 12.1. The van der Waals surface area contributed by atoms with Crippen LogP contribution in [0.25, 0.3) is 0 Å². The molecule has 3 rings (SSSR count). The van der Waals surface area contributed by atoms with Crippen molar-refractivity contribution in [1.29, 1.82) is 0 Å². The smallest absolute Gasteiger partial charge is 0.269 e. The molecule has 0 aliphatic carbocycles. The predicted octanol–water partition coefficient (Wildman–Crippen LogP) is 1.68. The molecule has 1 aliphatic rings. The van der Waals surface area contributed by atoms with E-state index in [1.165, 1.54) is 40.9 Å². The van der Waals surface area contributed by atoms with E-state index in [0.717, 1.165) is 4.90 Å². The van der Waals surface area contributed by atoms with Gasteiger partial charge in [-0.2, -0.15) is 0 Å². The number of nitrogens with zero attached hydrogens (tertiary/aromatic N) is 2. The number of fused-ring (bicyclic) bond motifs is 1. The highest BCUT2D eigenvalue weighted by molar-refractivity contribution is 8.00. The first-order valence-corrected chi connectivity index (χ1v) is 10.7. The van der Waals surface area contributed by atoms with E-state index in [4.69, 9.17) is 0 Å². The maximum atomic E-state index is 12.2. The molecule has 0 fully saturated rings. The van der Waals surface area contributed by atoms with Gasteiger partial charge in [-0.05, 0) is 17.7 Å². The van der Waals surface area contributed by atoms with Gasteiger partial charge in [0.2, 0.25) is 15.9 Å². The standard InChI is InChI=1S/C17H15N3O6S2/c21-16(9-19-14-3-1-2-4-15(14)27-10-17(19)22)18-28(25,26)11-12-5-7-13(8-6-12)20(23)24/h1-8H,9-11H2,(H,18,21).